The van der Waals surface area contributed by atoms with E-state index in [-0.39, 0.29) is 0 Å². The molecule has 29 heavy (non-hydrogen) atoms. The van der Waals surface area contributed by atoms with E-state index in [1.54, 1.807) is 7.11 Å². The predicted molar refractivity (Wildman–Crippen MR) is 112 cm³/mol. The molecule has 1 aromatic carbocycles. The number of rotatable bonds is 5. The lowest BCUT2D eigenvalue weighted by Gasteiger charge is -2.18. The molecule has 1 atom stereocenters. The van der Waals surface area contributed by atoms with Gasteiger partial charge in [-0.1, -0.05) is 12.1 Å². The third-order valence-electron chi connectivity index (χ3n) is 5.39. The summed E-state index contributed by atoms with van der Waals surface area (Å²) in [6.45, 7) is 3.77. The molecule has 1 unspecified atom stereocenters. The van der Waals surface area contributed by atoms with E-state index in [9.17, 15) is 0 Å². The second-order valence-corrected chi connectivity index (χ2v) is 7.34. The summed E-state index contributed by atoms with van der Waals surface area (Å²) >= 11 is 0. The minimum absolute atomic E-state index is 0.458. The molecule has 0 aliphatic carbocycles. The predicted octanol–water partition coefficient (Wildman–Crippen LogP) is 3.51. The molecule has 8 nitrogen and oxygen atoms in total. The van der Waals surface area contributed by atoms with E-state index in [1.165, 1.54) is 5.56 Å². The number of fused-ring (bicyclic) bond motifs is 1. The van der Waals surface area contributed by atoms with Gasteiger partial charge in [0.2, 0.25) is 11.9 Å². The van der Waals surface area contributed by atoms with Crippen LogP contribution in [0.15, 0.2) is 48.7 Å². The maximum Gasteiger partial charge on any atom is 0.230 e. The summed E-state index contributed by atoms with van der Waals surface area (Å²) in [6.07, 6.45) is 3.03. The molecular formula is C21H23N7O. The lowest BCUT2D eigenvalue weighted by Crippen LogP contribution is -2.23. The average molecular weight is 389 g/mol. The Morgan fingerprint density at radius 3 is 2.79 bits per heavy atom. The number of hydrogen-bond donors (Lipinski definition) is 2. The van der Waals surface area contributed by atoms with Crippen LogP contribution in [-0.2, 0) is 0 Å². The van der Waals surface area contributed by atoms with Gasteiger partial charge in [0.25, 0.3) is 0 Å². The summed E-state index contributed by atoms with van der Waals surface area (Å²) in [6, 6.07) is 14.3. The van der Waals surface area contributed by atoms with Crippen molar-refractivity contribution in [1.82, 2.24) is 24.6 Å². The first-order chi connectivity index (χ1) is 14.2. The Morgan fingerprint density at radius 2 is 2.03 bits per heavy atom. The van der Waals surface area contributed by atoms with E-state index in [4.69, 9.17) is 14.7 Å². The Kier molecular flexibility index (Phi) is 4.31. The maximum absolute atomic E-state index is 5.27. The number of nitrogens with zero attached hydrogens (tertiary/aromatic N) is 5. The lowest BCUT2D eigenvalue weighted by molar-refractivity contribution is 0.414. The molecule has 1 aliphatic rings. The van der Waals surface area contributed by atoms with Crippen LogP contribution in [0.5, 0.6) is 5.75 Å². The van der Waals surface area contributed by atoms with Gasteiger partial charge in [-0.2, -0.15) is 15.1 Å². The van der Waals surface area contributed by atoms with Crippen LogP contribution in [0.3, 0.4) is 0 Å². The molecule has 3 aromatic heterocycles. The molecule has 148 valence electrons. The highest BCUT2D eigenvalue weighted by atomic mass is 16.5. The van der Waals surface area contributed by atoms with Gasteiger partial charge in [-0.3, -0.25) is 9.50 Å². The number of methoxy groups -OCH3 is 1. The summed E-state index contributed by atoms with van der Waals surface area (Å²) in [5, 5.41) is 10.5. The molecule has 8 heteroatoms. The molecule has 1 fully saturated rings. The molecule has 1 aliphatic heterocycles. The van der Waals surface area contributed by atoms with Gasteiger partial charge in [-0.25, -0.2) is 0 Å². The molecule has 0 amide bonds. The van der Waals surface area contributed by atoms with Crippen molar-refractivity contribution in [3.05, 3.63) is 59.9 Å². The minimum Gasteiger partial charge on any atom is -0.497 e. The summed E-state index contributed by atoms with van der Waals surface area (Å²) < 4.78 is 7.21. The summed E-state index contributed by atoms with van der Waals surface area (Å²) in [7, 11) is 1.69. The number of ether oxygens (including phenoxy) is 1. The van der Waals surface area contributed by atoms with Crippen LogP contribution in [0.4, 0.5) is 17.7 Å². The minimum atomic E-state index is 0.458. The van der Waals surface area contributed by atoms with Crippen molar-refractivity contribution < 1.29 is 4.74 Å². The maximum atomic E-state index is 5.27. The van der Waals surface area contributed by atoms with E-state index in [1.807, 2.05) is 47.9 Å². The number of H-pyrrole nitrogens is 1. The number of nitrogens with one attached hydrogen (secondary N) is 2. The Bertz CT molecular complexity index is 1130. The van der Waals surface area contributed by atoms with Crippen LogP contribution in [0.25, 0.3) is 5.65 Å². The van der Waals surface area contributed by atoms with E-state index in [2.05, 4.69) is 32.5 Å². The van der Waals surface area contributed by atoms with Crippen molar-refractivity contribution in [1.29, 1.82) is 0 Å². The second-order valence-electron chi connectivity index (χ2n) is 7.34. The molecule has 2 N–H and O–H groups in total. The van der Waals surface area contributed by atoms with Gasteiger partial charge >= 0.3 is 0 Å². The van der Waals surface area contributed by atoms with Crippen LogP contribution in [0.1, 0.15) is 23.6 Å². The van der Waals surface area contributed by atoms with E-state index in [0.29, 0.717) is 11.9 Å². The zero-order valence-electron chi connectivity index (χ0n) is 16.5. The largest absolute Gasteiger partial charge is 0.497 e. The number of anilines is 3. The first kappa shape index (κ1) is 17.5. The summed E-state index contributed by atoms with van der Waals surface area (Å²) in [5.74, 6) is 3.60. The smallest absolute Gasteiger partial charge is 0.230 e. The molecule has 4 aromatic rings. The highest BCUT2D eigenvalue weighted by Crippen LogP contribution is 2.31. The normalized spacial score (nSPS) is 16.5. The third-order valence-corrected chi connectivity index (χ3v) is 5.39. The first-order valence-corrected chi connectivity index (χ1v) is 9.72. The fourth-order valence-electron chi connectivity index (χ4n) is 3.84. The van der Waals surface area contributed by atoms with Crippen molar-refractivity contribution in [2.24, 2.45) is 0 Å². The molecular weight excluding hydrogens is 366 g/mol. The molecule has 1 saturated heterocycles. The highest BCUT2D eigenvalue weighted by Gasteiger charge is 2.26. The zero-order chi connectivity index (χ0) is 19.8. The van der Waals surface area contributed by atoms with Gasteiger partial charge in [0, 0.05) is 31.3 Å². The molecule has 0 radical (unpaired) electrons. The van der Waals surface area contributed by atoms with E-state index >= 15 is 0 Å². The topological polar surface area (TPSA) is 83.4 Å². The van der Waals surface area contributed by atoms with Gasteiger partial charge in [-0.15, -0.1) is 0 Å². The quantitative estimate of drug-likeness (QED) is 0.544. The van der Waals surface area contributed by atoms with Crippen molar-refractivity contribution in [3.8, 4) is 5.75 Å². The standard InChI is InChI=1S/C21H23N7O/c1-14-12-18(26-25-14)22-21-24-20(23-19-4-3-10-28(19)21)27-11-9-16(13-27)15-5-7-17(29-2)8-6-15/h3-8,10,12,16H,9,11,13H2,1-2H3,(H2,22,23,24,25,26). The van der Waals surface area contributed by atoms with Crippen LogP contribution in [0.2, 0.25) is 0 Å². The molecule has 4 heterocycles. The monoisotopic (exact) mass is 389 g/mol. The van der Waals surface area contributed by atoms with Gasteiger partial charge in [0.05, 0.1) is 12.8 Å². The molecule has 0 saturated carbocycles. The lowest BCUT2D eigenvalue weighted by atomic mass is 9.98. The first-order valence-electron chi connectivity index (χ1n) is 9.72. The highest BCUT2D eigenvalue weighted by molar-refractivity contribution is 5.57. The number of aryl methyl sites for hydroxylation is 1. The fourth-order valence-corrected chi connectivity index (χ4v) is 3.84. The summed E-state index contributed by atoms with van der Waals surface area (Å²) in [5.41, 5.74) is 3.11. The second kappa shape index (κ2) is 7.12. The van der Waals surface area contributed by atoms with Gasteiger partial charge in [-0.05, 0) is 43.2 Å². The van der Waals surface area contributed by atoms with Gasteiger partial charge in [0.1, 0.15) is 17.2 Å². The van der Waals surface area contributed by atoms with Crippen molar-refractivity contribution >= 4 is 23.4 Å². The van der Waals surface area contributed by atoms with Crippen LogP contribution in [0, 0.1) is 6.92 Å². The Labute approximate surface area is 168 Å². The average Bonchev–Trinajstić information content (AvgIpc) is 3.48. The van der Waals surface area contributed by atoms with Crippen LogP contribution < -0.4 is 15.0 Å². The molecule has 0 spiro atoms. The fraction of sp³-hybridized carbons (Fsp3) is 0.286. The van der Waals surface area contributed by atoms with E-state index < -0.39 is 0 Å². The number of hydrogen-bond acceptors (Lipinski definition) is 6. The molecule has 0 bridgehead atoms. The number of aromatic amines is 1. The van der Waals surface area contributed by atoms with Gasteiger partial charge < -0.3 is 15.0 Å². The number of benzene rings is 1. The Morgan fingerprint density at radius 1 is 1.17 bits per heavy atom. The van der Waals surface area contributed by atoms with E-state index in [0.717, 1.165) is 48.4 Å². The zero-order valence-corrected chi connectivity index (χ0v) is 16.5. The SMILES string of the molecule is COc1ccc(C2CCN(c3nc(Nc4cc(C)n[nH]4)n4cccc4n3)C2)cc1. The van der Waals surface area contributed by atoms with Gasteiger partial charge in [0.15, 0.2) is 0 Å². The van der Waals surface area contributed by atoms with Crippen molar-refractivity contribution in [2.45, 2.75) is 19.3 Å². The van der Waals surface area contributed by atoms with Crippen molar-refractivity contribution in [2.75, 3.05) is 30.4 Å². The van der Waals surface area contributed by atoms with Crippen molar-refractivity contribution in [3.63, 3.8) is 0 Å². The Hall–Kier alpha value is -3.55. The third kappa shape index (κ3) is 3.37. The van der Waals surface area contributed by atoms with Crippen LogP contribution >= 0.6 is 0 Å². The Balaban J connectivity index is 1.41. The molecule has 5 rings (SSSR count). The number of aromatic nitrogens is 5. The summed E-state index contributed by atoms with van der Waals surface area (Å²) in [4.78, 5) is 11.8. The van der Waals surface area contributed by atoms with Crippen LogP contribution in [-0.4, -0.2) is 44.8 Å².